The Bertz CT molecular complexity index is 821. The summed E-state index contributed by atoms with van der Waals surface area (Å²) < 4.78 is 43.8. The van der Waals surface area contributed by atoms with Crippen molar-refractivity contribution in [3.05, 3.63) is 30.1 Å². The van der Waals surface area contributed by atoms with Crippen molar-refractivity contribution in [3.63, 3.8) is 0 Å². The van der Waals surface area contributed by atoms with Crippen molar-refractivity contribution in [3.8, 4) is 0 Å². The van der Waals surface area contributed by atoms with Gasteiger partial charge in [0.25, 0.3) is 5.82 Å². The number of amides is 1. The van der Waals surface area contributed by atoms with Crippen molar-refractivity contribution in [2.45, 2.75) is 23.5 Å². The number of carbonyl (C=O) groups is 1. The van der Waals surface area contributed by atoms with Gasteiger partial charge in [-0.25, -0.2) is 4.68 Å². The van der Waals surface area contributed by atoms with Crippen LogP contribution in [0.2, 0.25) is 0 Å². The minimum atomic E-state index is -4.71. The summed E-state index contributed by atoms with van der Waals surface area (Å²) in [7, 11) is 0. The van der Waals surface area contributed by atoms with Crippen molar-refractivity contribution in [1.82, 2.24) is 14.9 Å². The van der Waals surface area contributed by atoms with Crippen molar-refractivity contribution in [1.29, 1.82) is 0 Å². The van der Waals surface area contributed by atoms with Crippen molar-refractivity contribution in [2.75, 3.05) is 42.4 Å². The number of anilines is 2. The number of nitrogens with two attached hydrogens (primary N) is 1. The molecule has 1 aliphatic heterocycles. The molecule has 0 aliphatic carbocycles. The highest BCUT2D eigenvalue weighted by Crippen LogP contribution is 2.30. The number of carbonyl (C=O) groups excluding carboxylic acids is 1. The molecule has 1 fully saturated rings. The van der Waals surface area contributed by atoms with Crippen LogP contribution in [0.1, 0.15) is 12.7 Å². The second-order valence-electron chi connectivity index (χ2n) is 6.07. The first-order valence-corrected chi connectivity index (χ1v) is 9.31. The number of halogens is 3. The summed E-state index contributed by atoms with van der Waals surface area (Å²) in [4.78, 5) is 14.5. The van der Waals surface area contributed by atoms with Gasteiger partial charge in [-0.3, -0.25) is 4.79 Å². The molecule has 28 heavy (non-hydrogen) atoms. The maximum atomic E-state index is 12.7. The van der Waals surface area contributed by atoms with Crippen LogP contribution in [-0.2, 0) is 15.7 Å². The third-order valence-electron chi connectivity index (χ3n) is 4.08. The summed E-state index contributed by atoms with van der Waals surface area (Å²) in [6, 6.07) is 7.33. The molecule has 0 bridgehead atoms. The molecule has 8 nitrogen and oxygen atoms in total. The third kappa shape index (κ3) is 4.68. The zero-order valence-corrected chi connectivity index (χ0v) is 15.8. The second-order valence-corrected chi connectivity index (χ2v) is 7.38. The molecule has 3 rings (SSSR count). The van der Waals surface area contributed by atoms with Crippen LogP contribution in [0, 0.1) is 0 Å². The summed E-state index contributed by atoms with van der Waals surface area (Å²) in [5.41, 5.74) is 1.61. The summed E-state index contributed by atoms with van der Waals surface area (Å²) >= 11 is 0.791. The molecule has 1 atom stereocenters. The Morgan fingerprint density at radius 2 is 1.89 bits per heavy atom. The lowest BCUT2D eigenvalue weighted by atomic mass is 10.2. The molecule has 0 unspecified atom stereocenters. The Morgan fingerprint density at radius 1 is 1.25 bits per heavy atom. The van der Waals surface area contributed by atoms with E-state index in [1.807, 2.05) is 12.1 Å². The summed E-state index contributed by atoms with van der Waals surface area (Å²) in [5.74, 6) is 3.68. The van der Waals surface area contributed by atoms with E-state index in [0.29, 0.717) is 23.6 Å². The van der Waals surface area contributed by atoms with Gasteiger partial charge in [0.15, 0.2) is 0 Å². The topological polar surface area (TPSA) is 98.3 Å². The van der Waals surface area contributed by atoms with Crippen LogP contribution in [0.15, 0.2) is 29.4 Å². The molecular weight excluding hydrogens is 397 g/mol. The number of nitrogens with zero attached hydrogens (tertiary/aromatic N) is 4. The highest BCUT2D eigenvalue weighted by Gasteiger charge is 2.38. The van der Waals surface area contributed by atoms with Crippen molar-refractivity contribution in [2.24, 2.45) is 0 Å². The summed E-state index contributed by atoms with van der Waals surface area (Å²) in [6.07, 6.45) is -4.71. The van der Waals surface area contributed by atoms with Gasteiger partial charge in [-0.1, -0.05) is 11.8 Å². The molecule has 12 heteroatoms. The predicted molar refractivity (Wildman–Crippen MR) is 98.6 cm³/mol. The highest BCUT2D eigenvalue weighted by atomic mass is 32.2. The first-order chi connectivity index (χ1) is 13.3. The molecule has 2 aromatic rings. The Hall–Kier alpha value is -2.47. The lowest BCUT2D eigenvalue weighted by molar-refractivity contribution is -0.146. The van der Waals surface area contributed by atoms with Crippen LogP contribution in [0.25, 0.3) is 0 Å². The fourth-order valence-electron chi connectivity index (χ4n) is 2.58. The average Bonchev–Trinajstić information content (AvgIpc) is 3.03. The normalized spacial score (nSPS) is 16.1. The zero-order chi connectivity index (χ0) is 20.3. The molecule has 152 valence electrons. The van der Waals surface area contributed by atoms with Gasteiger partial charge >= 0.3 is 6.18 Å². The van der Waals surface area contributed by atoms with Crippen molar-refractivity contribution < 1.29 is 22.7 Å². The van der Waals surface area contributed by atoms with Crippen molar-refractivity contribution >= 4 is 29.0 Å². The SMILES string of the molecule is C[C@H](Sc1nnc(C(F)(F)F)n1N)C(=O)Nc1ccc(N2CCOCC2)cc1. The minimum Gasteiger partial charge on any atom is -0.378 e. The quantitative estimate of drug-likeness (QED) is 0.568. The first kappa shape index (κ1) is 20.3. The average molecular weight is 416 g/mol. The number of aromatic nitrogens is 3. The maximum absolute atomic E-state index is 12.7. The van der Waals surface area contributed by atoms with E-state index in [1.54, 1.807) is 19.1 Å². The van der Waals surface area contributed by atoms with Gasteiger partial charge in [-0.05, 0) is 31.2 Å². The number of benzene rings is 1. The molecule has 1 aromatic heterocycles. The van der Waals surface area contributed by atoms with E-state index in [9.17, 15) is 18.0 Å². The Balaban J connectivity index is 1.59. The van der Waals surface area contributed by atoms with Gasteiger partial charge in [0, 0.05) is 24.5 Å². The van der Waals surface area contributed by atoms with E-state index in [2.05, 4.69) is 20.4 Å². The van der Waals surface area contributed by atoms with E-state index in [0.717, 1.165) is 30.5 Å². The second kappa shape index (κ2) is 8.27. The summed E-state index contributed by atoms with van der Waals surface area (Å²) in [5, 5.41) is 8.24. The van der Waals surface area contributed by atoms with E-state index in [-0.39, 0.29) is 11.1 Å². The van der Waals surface area contributed by atoms with Gasteiger partial charge in [0.05, 0.1) is 18.5 Å². The lowest BCUT2D eigenvalue weighted by Crippen LogP contribution is -2.36. The molecule has 1 amide bonds. The molecular formula is C16H19F3N6O2S. The first-order valence-electron chi connectivity index (χ1n) is 8.43. The maximum Gasteiger partial charge on any atom is 0.453 e. The third-order valence-corrected chi connectivity index (χ3v) is 5.14. The Kier molecular flexibility index (Phi) is 5.98. The lowest BCUT2D eigenvalue weighted by Gasteiger charge is -2.28. The van der Waals surface area contributed by atoms with Gasteiger partial charge < -0.3 is 20.8 Å². The fraction of sp³-hybridized carbons (Fsp3) is 0.438. The molecule has 1 aliphatic rings. The molecule has 2 heterocycles. The van der Waals surface area contributed by atoms with Gasteiger partial charge in [-0.2, -0.15) is 13.2 Å². The molecule has 1 saturated heterocycles. The summed E-state index contributed by atoms with van der Waals surface area (Å²) in [6.45, 7) is 4.51. The van der Waals surface area contributed by atoms with E-state index in [4.69, 9.17) is 10.6 Å². The number of hydrogen-bond donors (Lipinski definition) is 2. The van der Waals surface area contributed by atoms with Crippen LogP contribution >= 0.6 is 11.8 Å². The van der Waals surface area contributed by atoms with Gasteiger partial charge in [0.1, 0.15) is 0 Å². The number of nitrogen functional groups attached to an aromatic ring is 1. The number of alkyl halides is 3. The van der Waals surface area contributed by atoms with Crippen LogP contribution in [0.4, 0.5) is 24.5 Å². The molecule has 3 N–H and O–H groups in total. The standard InChI is InChI=1S/C16H19F3N6O2S/c1-10(28-15-23-22-14(25(15)20)16(17,18)19)13(26)21-11-2-4-12(5-3-11)24-6-8-27-9-7-24/h2-5,10H,6-9,20H2,1H3,(H,21,26)/t10-/m0/s1. The molecule has 1 aromatic carbocycles. The van der Waals surface area contributed by atoms with E-state index < -0.39 is 17.3 Å². The predicted octanol–water partition coefficient (Wildman–Crippen LogP) is 1.97. The van der Waals surface area contributed by atoms with Gasteiger partial charge in [-0.15, -0.1) is 10.2 Å². The number of hydrogen-bond acceptors (Lipinski definition) is 7. The number of ether oxygens (including phenoxy) is 1. The number of morpholine rings is 1. The fourth-order valence-corrected chi connectivity index (χ4v) is 3.35. The van der Waals surface area contributed by atoms with Crippen LogP contribution in [0.5, 0.6) is 0 Å². The minimum absolute atomic E-state index is 0.197. The zero-order valence-electron chi connectivity index (χ0n) is 14.9. The Morgan fingerprint density at radius 3 is 2.46 bits per heavy atom. The number of rotatable bonds is 5. The molecule has 0 saturated carbocycles. The smallest absolute Gasteiger partial charge is 0.378 e. The molecule has 0 radical (unpaired) electrons. The Labute approximate surface area is 163 Å². The highest BCUT2D eigenvalue weighted by molar-refractivity contribution is 8.00. The van der Waals surface area contributed by atoms with E-state index >= 15 is 0 Å². The monoisotopic (exact) mass is 416 g/mol. The van der Waals surface area contributed by atoms with Gasteiger partial charge in [0.2, 0.25) is 11.1 Å². The van der Waals surface area contributed by atoms with Crippen LogP contribution in [0.3, 0.4) is 0 Å². The van der Waals surface area contributed by atoms with Crippen LogP contribution < -0.4 is 16.1 Å². The largest absolute Gasteiger partial charge is 0.453 e. The number of nitrogens with one attached hydrogen (secondary N) is 1. The van der Waals surface area contributed by atoms with Crippen LogP contribution in [-0.4, -0.2) is 52.3 Å². The van der Waals surface area contributed by atoms with E-state index in [1.165, 1.54) is 0 Å². The molecule has 0 spiro atoms. The number of thioether (sulfide) groups is 1.